The molecule has 0 aliphatic rings. The number of hydrogen-bond acceptors (Lipinski definition) is 0. The number of allylic oxidation sites excluding steroid dienone is 2. The van der Waals surface area contributed by atoms with Crippen molar-refractivity contribution >= 4 is 5.57 Å². The van der Waals surface area contributed by atoms with E-state index in [1.807, 2.05) is 0 Å². The average molecular weight is 230 g/mol. The van der Waals surface area contributed by atoms with Gasteiger partial charge in [-0.3, -0.25) is 0 Å². The van der Waals surface area contributed by atoms with Crippen LogP contribution in [0.1, 0.15) is 58.4 Å². The van der Waals surface area contributed by atoms with E-state index < -0.39 is 0 Å². The first-order valence-corrected chi connectivity index (χ1v) is 7.00. The Bertz CT molecular complexity index is 321. The van der Waals surface area contributed by atoms with Gasteiger partial charge >= 0.3 is 0 Å². The lowest BCUT2D eigenvalue weighted by molar-refractivity contribution is 0.457. The second-order valence-corrected chi connectivity index (χ2v) is 4.91. The molecule has 0 nitrogen and oxygen atoms in total. The van der Waals surface area contributed by atoms with E-state index >= 15 is 0 Å². The minimum Gasteiger partial charge on any atom is -0.0807 e. The van der Waals surface area contributed by atoms with Gasteiger partial charge in [0.25, 0.3) is 0 Å². The highest BCUT2D eigenvalue weighted by Crippen LogP contribution is 2.21. The molecule has 1 unspecified atom stereocenters. The minimum absolute atomic E-state index is 0.869. The number of rotatable bonds is 7. The van der Waals surface area contributed by atoms with Crippen molar-refractivity contribution in [2.24, 2.45) is 5.92 Å². The van der Waals surface area contributed by atoms with Crippen LogP contribution in [-0.2, 0) is 0 Å². The lowest BCUT2D eigenvalue weighted by Gasteiger charge is -2.12. The van der Waals surface area contributed by atoms with Crippen molar-refractivity contribution < 1.29 is 0 Å². The van der Waals surface area contributed by atoms with E-state index in [9.17, 15) is 0 Å². The maximum Gasteiger partial charge on any atom is -0.0231 e. The van der Waals surface area contributed by atoms with Crippen LogP contribution < -0.4 is 0 Å². The van der Waals surface area contributed by atoms with Gasteiger partial charge in [-0.2, -0.15) is 0 Å². The molecule has 0 saturated heterocycles. The maximum atomic E-state index is 2.42. The van der Waals surface area contributed by atoms with Gasteiger partial charge in [-0.1, -0.05) is 75.9 Å². The molecule has 0 fully saturated rings. The molecule has 0 radical (unpaired) electrons. The second kappa shape index (κ2) is 8.11. The Morgan fingerprint density at radius 2 is 1.88 bits per heavy atom. The Morgan fingerprint density at radius 3 is 2.47 bits per heavy atom. The summed E-state index contributed by atoms with van der Waals surface area (Å²) in [5, 5.41) is 0. The van der Waals surface area contributed by atoms with E-state index in [1.54, 1.807) is 0 Å². The molecule has 1 atom stereocenters. The van der Waals surface area contributed by atoms with Crippen molar-refractivity contribution in [3.05, 3.63) is 42.0 Å². The fraction of sp³-hybridized carbons (Fsp3) is 0.529. The Labute approximate surface area is 107 Å². The molecule has 17 heavy (non-hydrogen) atoms. The summed E-state index contributed by atoms with van der Waals surface area (Å²) in [4.78, 5) is 0. The fourth-order valence-electron chi connectivity index (χ4n) is 2.14. The predicted octanol–water partition coefficient (Wildman–Crippen LogP) is 5.70. The molecule has 0 amide bonds. The number of unbranched alkanes of at least 4 members (excludes halogenated alkanes) is 1. The van der Waals surface area contributed by atoms with Gasteiger partial charge < -0.3 is 0 Å². The van der Waals surface area contributed by atoms with E-state index in [-0.39, 0.29) is 0 Å². The van der Waals surface area contributed by atoms with Crippen molar-refractivity contribution in [3.8, 4) is 0 Å². The van der Waals surface area contributed by atoms with Crippen LogP contribution in [0.15, 0.2) is 36.4 Å². The smallest absolute Gasteiger partial charge is 0.0231 e. The van der Waals surface area contributed by atoms with Crippen molar-refractivity contribution in [1.82, 2.24) is 0 Å². The second-order valence-electron chi connectivity index (χ2n) is 4.91. The van der Waals surface area contributed by atoms with Gasteiger partial charge in [0.1, 0.15) is 0 Å². The first-order chi connectivity index (χ1) is 8.27. The first-order valence-electron chi connectivity index (χ1n) is 7.00. The first kappa shape index (κ1) is 14.0. The Kier molecular flexibility index (Phi) is 6.69. The molecule has 0 heterocycles. The zero-order valence-corrected chi connectivity index (χ0v) is 11.6. The zero-order chi connectivity index (χ0) is 12.5. The molecule has 94 valence electrons. The van der Waals surface area contributed by atoms with E-state index in [1.165, 1.54) is 43.2 Å². The van der Waals surface area contributed by atoms with Gasteiger partial charge in [-0.25, -0.2) is 0 Å². The normalized spacial score (nSPS) is 13.7. The summed E-state index contributed by atoms with van der Waals surface area (Å²) in [5.74, 6) is 0.869. The highest BCUT2D eigenvalue weighted by molar-refractivity contribution is 5.63. The summed E-state index contributed by atoms with van der Waals surface area (Å²) in [6.45, 7) is 6.81. The van der Waals surface area contributed by atoms with Crippen molar-refractivity contribution in [1.29, 1.82) is 0 Å². The van der Waals surface area contributed by atoms with Gasteiger partial charge in [0.15, 0.2) is 0 Å². The van der Waals surface area contributed by atoms with Crippen LogP contribution in [0.25, 0.3) is 5.57 Å². The summed E-state index contributed by atoms with van der Waals surface area (Å²) in [7, 11) is 0. The van der Waals surface area contributed by atoms with Gasteiger partial charge in [0, 0.05) is 0 Å². The quantitative estimate of drug-likeness (QED) is 0.564. The van der Waals surface area contributed by atoms with Crippen LogP contribution in [0.3, 0.4) is 0 Å². The molecular formula is C17H26. The summed E-state index contributed by atoms with van der Waals surface area (Å²) in [6, 6.07) is 10.7. The molecule has 1 aromatic carbocycles. The molecule has 0 aliphatic heterocycles. The highest BCUT2D eigenvalue weighted by Gasteiger charge is 2.04. The van der Waals surface area contributed by atoms with E-state index in [2.05, 4.69) is 57.2 Å². The van der Waals surface area contributed by atoms with E-state index in [0.29, 0.717) is 0 Å². The molecule has 0 bridgehead atoms. The Hall–Kier alpha value is -1.04. The molecular weight excluding hydrogens is 204 g/mol. The fourth-order valence-corrected chi connectivity index (χ4v) is 2.14. The van der Waals surface area contributed by atoms with Gasteiger partial charge in [0.2, 0.25) is 0 Å². The molecule has 0 aromatic heterocycles. The number of benzene rings is 1. The highest BCUT2D eigenvalue weighted by atomic mass is 14.1. The van der Waals surface area contributed by atoms with Gasteiger partial charge in [0.05, 0.1) is 0 Å². The molecule has 1 aromatic rings. The van der Waals surface area contributed by atoms with Crippen LogP contribution >= 0.6 is 0 Å². The van der Waals surface area contributed by atoms with Crippen LogP contribution in [0.4, 0.5) is 0 Å². The molecule has 0 spiro atoms. The Balaban J connectivity index is 2.51. The van der Waals surface area contributed by atoms with Gasteiger partial charge in [-0.15, -0.1) is 0 Å². The SMILES string of the molecule is CCCCC(CC)CC=C(C)c1ccccc1. The summed E-state index contributed by atoms with van der Waals surface area (Å²) in [5.41, 5.74) is 2.78. The zero-order valence-electron chi connectivity index (χ0n) is 11.6. The lowest BCUT2D eigenvalue weighted by Crippen LogP contribution is -1.97. The number of hydrogen-bond donors (Lipinski definition) is 0. The Morgan fingerprint density at radius 1 is 1.18 bits per heavy atom. The third-order valence-electron chi connectivity index (χ3n) is 3.53. The van der Waals surface area contributed by atoms with E-state index in [4.69, 9.17) is 0 Å². The summed E-state index contributed by atoms with van der Waals surface area (Å²) < 4.78 is 0. The largest absolute Gasteiger partial charge is 0.0807 e. The standard InChI is InChI=1S/C17H26/c1-4-6-10-16(5-2)14-13-15(3)17-11-8-7-9-12-17/h7-9,11-13,16H,4-6,10,14H2,1-3H3. The third kappa shape index (κ3) is 5.21. The van der Waals surface area contributed by atoms with Crippen LogP contribution in [0.5, 0.6) is 0 Å². The molecule has 0 aliphatic carbocycles. The molecule has 0 saturated carbocycles. The van der Waals surface area contributed by atoms with Crippen LogP contribution in [-0.4, -0.2) is 0 Å². The van der Waals surface area contributed by atoms with E-state index in [0.717, 1.165) is 5.92 Å². The topological polar surface area (TPSA) is 0 Å². The lowest BCUT2D eigenvalue weighted by atomic mass is 9.94. The predicted molar refractivity (Wildman–Crippen MR) is 78.0 cm³/mol. The molecule has 0 N–H and O–H groups in total. The maximum absolute atomic E-state index is 2.42. The van der Waals surface area contributed by atoms with Crippen LogP contribution in [0.2, 0.25) is 0 Å². The molecule has 0 heteroatoms. The summed E-state index contributed by atoms with van der Waals surface area (Å²) >= 11 is 0. The van der Waals surface area contributed by atoms with Crippen LogP contribution in [0, 0.1) is 5.92 Å². The molecule has 1 rings (SSSR count). The van der Waals surface area contributed by atoms with Crippen molar-refractivity contribution in [2.75, 3.05) is 0 Å². The average Bonchev–Trinajstić information content (AvgIpc) is 2.39. The monoisotopic (exact) mass is 230 g/mol. The van der Waals surface area contributed by atoms with Gasteiger partial charge in [-0.05, 0) is 30.4 Å². The minimum atomic E-state index is 0.869. The summed E-state index contributed by atoms with van der Waals surface area (Å²) in [6.07, 6.45) is 9.02. The van der Waals surface area contributed by atoms with Crippen molar-refractivity contribution in [2.45, 2.75) is 52.9 Å². The van der Waals surface area contributed by atoms with Crippen molar-refractivity contribution in [3.63, 3.8) is 0 Å². The third-order valence-corrected chi connectivity index (χ3v) is 3.53.